The third-order valence-corrected chi connectivity index (χ3v) is 4.96. The van der Waals surface area contributed by atoms with Gasteiger partial charge in [-0.1, -0.05) is 42.3 Å². The third-order valence-electron chi connectivity index (χ3n) is 4.70. The van der Waals surface area contributed by atoms with Gasteiger partial charge in [-0.05, 0) is 50.1 Å². The molecule has 0 aliphatic carbocycles. The topological polar surface area (TPSA) is 46.9 Å². The van der Waals surface area contributed by atoms with Gasteiger partial charge in [-0.3, -0.25) is 14.3 Å². The van der Waals surface area contributed by atoms with Crippen LogP contribution in [-0.2, 0) is 6.54 Å². The minimum atomic E-state index is -0.0875. The molecule has 5 heteroatoms. The first-order valence-electron chi connectivity index (χ1n) is 9.32. The minimum Gasteiger partial charge on any atom is -0.381 e. The smallest absolute Gasteiger partial charge is 0.257 e. The molecule has 0 fully saturated rings. The van der Waals surface area contributed by atoms with Gasteiger partial charge in [-0.2, -0.15) is 0 Å². The molecule has 0 spiro atoms. The number of anilines is 1. The zero-order valence-corrected chi connectivity index (χ0v) is 17.1. The molecular formula is C23H24ClN3O. The molecule has 0 saturated carbocycles. The monoisotopic (exact) mass is 393 g/mol. The van der Waals surface area contributed by atoms with Crippen molar-refractivity contribution in [1.29, 1.82) is 0 Å². The Bertz CT molecular complexity index is 1050. The first kappa shape index (κ1) is 19.9. The van der Waals surface area contributed by atoms with Gasteiger partial charge >= 0.3 is 0 Å². The highest BCUT2D eigenvalue weighted by Gasteiger charge is 2.09. The van der Waals surface area contributed by atoms with Gasteiger partial charge < -0.3 is 5.32 Å². The Morgan fingerprint density at radius 2 is 1.96 bits per heavy atom. The van der Waals surface area contributed by atoms with E-state index < -0.39 is 0 Å². The lowest BCUT2D eigenvalue weighted by molar-refractivity contribution is 0.968. The lowest BCUT2D eigenvalue weighted by Gasteiger charge is -2.13. The van der Waals surface area contributed by atoms with Crippen molar-refractivity contribution in [3.8, 4) is 5.69 Å². The predicted molar refractivity (Wildman–Crippen MR) is 117 cm³/mol. The van der Waals surface area contributed by atoms with Crippen molar-refractivity contribution in [2.75, 3.05) is 5.32 Å². The van der Waals surface area contributed by atoms with Gasteiger partial charge in [-0.25, -0.2) is 0 Å². The molecule has 0 bridgehead atoms. The molecule has 0 saturated heterocycles. The lowest BCUT2D eigenvalue weighted by atomic mass is 10.1. The third kappa shape index (κ3) is 4.70. The first-order chi connectivity index (χ1) is 13.5. The van der Waals surface area contributed by atoms with Crippen LogP contribution in [0.4, 0.5) is 5.69 Å². The van der Waals surface area contributed by atoms with E-state index in [2.05, 4.69) is 30.2 Å². The van der Waals surface area contributed by atoms with Gasteiger partial charge in [0.1, 0.15) is 0 Å². The predicted octanol–water partition coefficient (Wildman–Crippen LogP) is 5.62. The number of hydrogen-bond acceptors (Lipinski definition) is 3. The lowest BCUT2D eigenvalue weighted by Crippen LogP contribution is -2.19. The summed E-state index contributed by atoms with van der Waals surface area (Å²) in [5.74, 6) is 0. The van der Waals surface area contributed by atoms with Crippen LogP contribution in [0.3, 0.4) is 0 Å². The Labute approximate surface area is 170 Å². The van der Waals surface area contributed by atoms with Crippen LogP contribution in [0.2, 0.25) is 5.02 Å². The second-order valence-corrected chi connectivity index (χ2v) is 7.21. The normalized spacial score (nSPS) is 11.5. The molecule has 0 aliphatic rings. The van der Waals surface area contributed by atoms with E-state index in [4.69, 9.17) is 11.6 Å². The van der Waals surface area contributed by atoms with E-state index in [9.17, 15) is 4.79 Å². The standard InChI is InChI=1S/C23H24ClN3O/c1-4-16(2)13-21-17(3)25-11-9-22(21)27-12-10-20(14-23(27)28)26-15-18-5-7-19(24)8-6-18/h5-14,26H,4,15H2,1-3H3/b16-13+. The zero-order valence-electron chi connectivity index (χ0n) is 16.4. The van der Waals surface area contributed by atoms with E-state index in [0.717, 1.165) is 34.6 Å². The molecule has 0 amide bonds. The number of pyridine rings is 2. The number of rotatable bonds is 6. The largest absolute Gasteiger partial charge is 0.381 e. The second-order valence-electron chi connectivity index (χ2n) is 6.78. The van der Waals surface area contributed by atoms with E-state index in [0.29, 0.717) is 11.6 Å². The number of aryl methyl sites for hydroxylation is 1. The van der Waals surface area contributed by atoms with Crippen molar-refractivity contribution in [2.45, 2.75) is 33.7 Å². The molecule has 3 rings (SSSR count). The van der Waals surface area contributed by atoms with E-state index in [-0.39, 0.29) is 5.56 Å². The van der Waals surface area contributed by atoms with E-state index in [1.807, 2.05) is 43.3 Å². The van der Waals surface area contributed by atoms with Gasteiger partial charge in [0.25, 0.3) is 5.56 Å². The summed E-state index contributed by atoms with van der Waals surface area (Å²) >= 11 is 5.92. The molecule has 4 nitrogen and oxygen atoms in total. The average Bonchev–Trinajstić information content (AvgIpc) is 2.69. The van der Waals surface area contributed by atoms with Gasteiger partial charge in [0, 0.05) is 47.0 Å². The summed E-state index contributed by atoms with van der Waals surface area (Å²) in [4.78, 5) is 17.2. The van der Waals surface area contributed by atoms with Gasteiger partial charge in [0.15, 0.2) is 0 Å². The van der Waals surface area contributed by atoms with Crippen molar-refractivity contribution < 1.29 is 0 Å². The highest BCUT2D eigenvalue weighted by atomic mass is 35.5. The molecule has 1 aromatic carbocycles. The van der Waals surface area contributed by atoms with Crippen LogP contribution in [-0.4, -0.2) is 9.55 Å². The number of nitrogens with one attached hydrogen (secondary N) is 1. The molecule has 144 valence electrons. The summed E-state index contributed by atoms with van der Waals surface area (Å²) in [5.41, 5.74) is 5.76. The summed E-state index contributed by atoms with van der Waals surface area (Å²) in [6.07, 6.45) is 6.61. The minimum absolute atomic E-state index is 0.0875. The Kier molecular flexibility index (Phi) is 6.32. The molecule has 2 aromatic heterocycles. The summed E-state index contributed by atoms with van der Waals surface area (Å²) in [7, 11) is 0. The fourth-order valence-corrected chi connectivity index (χ4v) is 3.02. The summed E-state index contributed by atoms with van der Waals surface area (Å²) in [6.45, 7) is 6.79. The van der Waals surface area contributed by atoms with Crippen molar-refractivity contribution in [3.05, 3.63) is 92.6 Å². The SMILES string of the molecule is CC/C(C)=C/c1c(-n2ccc(NCc3ccc(Cl)cc3)cc2=O)ccnc1C. The molecule has 0 atom stereocenters. The van der Waals surface area contributed by atoms with Crippen LogP contribution in [0, 0.1) is 6.92 Å². The Morgan fingerprint density at radius 1 is 1.21 bits per heavy atom. The number of nitrogens with zero attached hydrogens (tertiary/aromatic N) is 2. The molecular weight excluding hydrogens is 370 g/mol. The number of allylic oxidation sites excluding steroid dienone is 1. The van der Waals surface area contributed by atoms with E-state index in [1.54, 1.807) is 23.0 Å². The van der Waals surface area contributed by atoms with Crippen LogP contribution in [0.5, 0.6) is 0 Å². The highest BCUT2D eigenvalue weighted by molar-refractivity contribution is 6.30. The second kappa shape index (κ2) is 8.89. The highest BCUT2D eigenvalue weighted by Crippen LogP contribution is 2.20. The molecule has 28 heavy (non-hydrogen) atoms. The summed E-state index contributed by atoms with van der Waals surface area (Å²) < 4.78 is 1.66. The summed E-state index contributed by atoms with van der Waals surface area (Å²) in [5, 5.41) is 4.00. The number of benzene rings is 1. The van der Waals surface area contributed by atoms with Crippen molar-refractivity contribution >= 4 is 23.4 Å². The first-order valence-corrected chi connectivity index (χ1v) is 9.70. The van der Waals surface area contributed by atoms with E-state index in [1.165, 1.54) is 5.57 Å². The number of halogens is 1. The van der Waals surface area contributed by atoms with Crippen molar-refractivity contribution in [1.82, 2.24) is 9.55 Å². The fourth-order valence-electron chi connectivity index (χ4n) is 2.90. The Morgan fingerprint density at radius 3 is 2.64 bits per heavy atom. The maximum atomic E-state index is 12.8. The Balaban J connectivity index is 1.88. The van der Waals surface area contributed by atoms with Crippen LogP contribution in [0.25, 0.3) is 11.8 Å². The summed E-state index contributed by atoms with van der Waals surface area (Å²) in [6, 6.07) is 13.0. The van der Waals surface area contributed by atoms with Crippen molar-refractivity contribution in [3.63, 3.8) is 0 Å². The number of aromatic nitrogens is 2. The molecule has 0 aliphatic heterocycles. The maximum absolute atomic E-state index is 12.8. The van der Waals surface area contributed by atoms with Crippen molar-refractivity contribution in [2.24, 2.45) is 0 Å². The quantitative estimate of drug-likeness (QED) is 0.591. The van der Waals surface area contributed by atoms with Gasteiger partial charge in [-0.15, -0.1) is 0 Å². The molecule has 3 aromatic rings. The molecule has 0 radical (unpaired) electrons. The molecule has 0 unspecified atom stereocenters. The average molecular weight is 394 g/mol. The Hall–Kier alpha value is -2.85. The van der Waals surface area contributed by atoms with Crippen LogP contribution in [0.1, 0.15) is 37.1 Å². The van der Waals surface area contributed by atoms with Gasteiger partial charge in [0.2, 0.25) is 0 Å². The maximum Gasteiger partial charge on any atom is 0.257 e. The zero-order chi connectivity index (χ0) is 20.1. The van der Waals surface area contributed by atoms with E-state index >= 15 is 0 Å². The number of hydrogen-bond donors (Lipinski definition) is 1. The molecule has 1 N–H and O–H groups in total. The van der Waals surface area contributed by atoms with Crippen LogP contribution >= 0.6 is 11.6 Å². The van der Waals surface area contributed by atoms with Crippen LogP contribution < -0.4 is 10.9 Å². The molecule has 2 heterocycles. The van der Waals surface area contributed by atoms with Gasteiger partial charge in [0.05, 0.1) is 5.69 Å². The fraction of sp³-hybridized carbons (Fsp3) is 0.217. The van der Waals surface area contributed by atoms with Crippen LogP contribution in [0.15, 0.2) is 65.2 Å².